The van der Waals surface area contributed by atoms with Crippen LogP contribution in [0, 0.1) is 0 Å². The van der Waals surface area contributed by atoms with Crippen LogP contribution in [0.5, 0.6) is 0 Å². The Morgan fingerprint density at radius 1 is 1.35 bits per heavy atom. The van der Waals surface area contributed by atoms with Crippen molar-refractivity contribution < 1.29 is 19.5 Å². The van der Waals surface area contributed by atoms with Crippen molar-refractivity contribution in [3.05, 3.63) is 0 Å². The molecule has 112 valence electrons. The Bertz CT molecular complexity index is 414. The van der Waals surface area contributed by atoms with Crippen LogP contribution in [0.2, 0.25) is 0 Å². The average molecular weight is 301 g/mol. The van der Waals surface area contributed by atoms with Gasteiger partial charge in [0, 0.05) is 24.8 Å². The lowest BCUT2D eigenvalue weighted by molar-refractivity contribution is -0.141. The Balaban J connectivity index is 1.75. The summed E-state index contributed by atoms with van der Waals surface area (Å²) in [6.45, 7) is 2.02. The average Bonchev–Trinajstić information content (AvgIpc) is 3.08. The minimum absolute atomic E-state index is 0.0774. The second kappa shape index (κ2) is 6.34. The Labute approximate surface area is 121 Å². The van der Waals surface area contributed by atoms with E-state index in [9.17, 15) is 14.4 Å². The summed E-state index contributed by atoms with van der Waals surface area (Å²) in [7, 11) is 0. The molecule has 2 atom stereocenters. The maximum absolute atomic E-state index is 12.0. The van der Waals surface area contributed by atoms with Crippen molar-refractivity contribution in [1.82, 2.24) is 15.5 Å². The smallest absolute Gasteiger partial charge is 0.327 e. The number of carboxylic acid groups (broad SMARTS) is 1. The van der Waals surface area contributed by atoms with E-state index >= 15 is 0 Å². The third-order valence-corrected chi connectivity index (χ3v) is 4.53. The highest BCUT2D eigenvalue weighted by Gasteiger charge is 2.39. The third kappa shape index (κ3) is 3.78. The van der Waals surface area contributed by atoms with E-state index in [-0.39, 0.29) is 24.2 Å². The van der Waals surface area contributed by atoms with Gasteiger partial charge in [0.2, 0.25) is 5.91 Å². The number of nitrogens with zero attached hydrogens (tertiary/aromatic N) is 1. The molecule has 0 radical (unpaired) electrons. The van der Waals surface area contributed by atoms with E-state index < -0.39 is 18.0 Å². The third-order valence-electron chi connectivity index (χ3n) is 3.31. The lowest BCUT2D eigenvalue weighted by Gasteiger charge is -2.25. The summed E-state index contributed by atoms with van der Waals surface area (Å²) >= 11 is 1.43. The van der Waals surface area contributed by atoms with Gasteiger partial charge in [0.1, 0.15) is 6.04 Å². The summed E-state index contributed by atoms with van der Waals surface area (Å²) in [6.07, 6.45) is 2.27. The first-order chi connectivity index (χ1) is 9.49. The molecule has 1 saturated carbocycles. The van der Waals surface area contributed by atoms with Crippen molar-refractivity contribution in [3.8, 4) is 0 Å². The molecule has 2 rings (SSSR count). The number of hydrogen-bond acceptors (Lipinski definition) is 4. The van der Waals surface area contributed by atoms with Gasteiger partial charge in [0.05, 0.1) is 5.37 Å². The molecule has 3 N–H and O–H groups in total. The van der Waals surface area contributed by atoms with E-state index in [1.807, 2.05) is 0 Å². The van der Waals surface area contributed by atoms with Gasteiger partial charge in [0.25, 0.3) is 0 Å². The zero-order valence-electron chi connectivity index (χ0n) is 11.3. The van der Waals surface area contributed by atoms with Crippen LogP contribution in [0.15, 0.2) is 0 Å². The van der Waals surface area contributed by atoms with Crippen LogP contribution in [-0.4, -0.2) is 57.7 Å². The number of carbonyl (C=O) groups is 3. The van der Waals surface area contributed by atoms with Crippen LogP contribution in [0.25, 0.3) is 0 Å². The number of carbonyl (C=O) groups excluding carboxylic acids is 2. The quantitative estimate of drug-likeness (QED) is 0.674. The van der Waals surface area contributed by atoms with Crippen molar-refractivity contribution in [2.24, 2.45) is 0 Å². The van der Waals surface area contributed by atoms with Crippen molar-refractivity contribution in [1.29, 1.82) is 0 Å². The van der Waals surface area contributed by atoms with E-state index in [2.05, 4.69) is 10.6 Å². The van der Waals surface area contributed by atoms with Crippen molar-refractivity contribution in [2.45, 2.75) is 43.6 Å². The Morgan fingerprint density at radius 2 is 2.05 bits per heavy atom. The SMILES string of the molecule is CC1SCC(C(=O)O)N1C(=O)NCCC(=O)NC1CC1. The minimum Gasteiger partial charge on any atom is -0.480 e. The van der Waals surface area contributed by atoms with E-state index in [0.29, 0.717) is 11.8 Å². The normalized spacial score (nSPS) is 25.4. The van der Waals surface area contributed by atoms with Gasteiger partial charge in [-0.3, -0.25) is 9.69 Å². The molecule has 0 aromatic carbocycles. The zero-order valence-corrected chi connectivity index (χ0v) is 12.1. The van der Waals surface area contributed by atoms with E-state index in [0.717, 1.165) is 12.8 Å². The molecule has 0 spiro atoms. The van der Waals surface area contributed by atoms with Gasteiger partial charge in [-0.1, -0.05) is 0 Å². The molecule has 0 bridgehead atoms. The van der Waals surface area contributed by atoms with E-state index in [1.165, 1.54) is 16.7 Å². The predicted molar refractivity (Wildman–Crippen MR) is 74.4 cm³/mol. The molecule has 2 fully saturated rings. The number of aliphatic carboxylic acids is 1. The minimum atomic E-state index is -0.997. The number of amides is 3. The van der Waals surface area contributed by atoms with Crippen molar-refractivity contribution in [3.63, 3.8) is 0 Å². The predicted octanol–water partition coefficient (Wildman–Crippen LogP) is 0.213. The molecular formula is C12H19N3O4S. The molecule has 3 amide bonds. The molecule has 8 heteroatoms. The highest BCUT2D eigenvalue weighted by Crippen LogP contribution is 2.28. The lowest BCUT2D eigenvalue weighted by Crippen LogP contribution is -2.50. The summed E-state index contributed by atoms with van der Waals surface area (Å²) < 4.78 is 0. The largest absolute Gasteiger partial charge is 0.480 e. The summed E-state index contributed by atoms with van der Waals surface area (Å²) in [4.78, 5) is 35.9. The molecule has 0 aromatic rings. The van der Waals surface area contributed by atoms with Gasteiger partial charge in [-0.15, -0.1) is 11.8 Å². The maximum atomic E-state index is 12.0. The first kappa shape index (κ1) is 15.0. The lowest BCUT2D eigenvalue weighted by atomic mass is 10.3. The fourth-order valence-corrected chi connectivity index (χ4v) is 3.21. The van der Waals surface area contributed by atoms with Gasteiger partial charge < -0.3 is 15.7 Å². The van der Waals surface area contributed by atoms with Gasteiger partial charge in [-0.2, -0.15) is 0 Å². The number of carboxylic acids is 1. The number of hydrogen-bond donors (Lipinski definition) is 3. The number of thioether (sulfide) groups is 1. The first-order valence-corrected chi connectivity index (χ1v) is 7.74. The molecule has 1 saturated heterocycles. The Hall–Kier alpha value is -1.44. The molecule has 1 heterocycles. The van der Waals surface area contributed by atoms with Gasteiger partial charge in [-0.05, 0) is 19.8 Å². The Kier molecular flexibility index (Phi) is 4.74. The van der Waals surface area contributed by atoms with Crippen molar-refractivity contribution in [2.75, 3.05) is 12.3 Å². The van der Waals surface area contributed by atoms with Crippen LogP contribution < -0.4 is 10.6 Å². The molecule has 0 aromatic heterocycles. The molecule has 7 nitrogen and oxygen atoms in total. The van der Waals surface area contributed by atoms with Crippen molar-refractivity contribution >= 4 is 29.7 Å². The van der Waals surface area contributed by atoms with Gasteiger partial charge in [0.15, 0.2) is 0 Å². The first-order valence-electron chi connectivity index (χ1n) is 6.69. The summed E-state index contributed by atoms with van der Waals surface area (Å²) in [6, 6.07) is -0.908. The second-order valence-corrected chi connectivity index (χ2v) is 6.37. The van der Waals surface area contributed by atoms with Gasteiger partial charge >= 0.3 is 12.0 Å². The highest BCUT2D eigenvalue weighted by molar-refractivity contribution is 8.00. The standard InChI is InChI=1S/C12H19N3O4S/c1-7-15(9(6-20-7)11(17)18)12(19)13-5-4-10(16)14-8-2-3-8/h7-9H,2-6H2,1H3,(H,13,19)(H,14,16)(H,17,18). The molecule has 2 unspecified atom stereocenters. The number of urea groups is 1. The molecular weight excluding hydrogens is 282 g/mol. The van der Waals surface area contributed by atoms with E-state index in [4.69, 9.17) is 5.11 Å². The number of rotatable bonds is 5. The van der Waals surface area contributed by atoms with Crippen LogP contribution in [-0.2, 0) is 9.59 Å². The second-order valence-electron chi connectivity index (χ2n) is 5.02. The molecule has 1 aliphatic heterocycles. The van der Waals surface area contributed by atoms with Crippen LogP contribution >= 0.6 is 11.8 Å². The van der Waals surface area contributed by atoms with E-state index in [1.54, 1.807) is 6.92 Å². The van der Waals surface area contributed by atoms with Crippen LogP contribution in [0.3, 0.4) is 0 Å². The molecule has 20 heavy (non-hydrogen) atoms. The molecule has 1 aliphatic carbocycles. The fraction of sp³-hybridized carbons (Fsp3) is 0.750. The van der Waals surface area contributed by atoms with Gasteiger partial charge in [-0.25, -0.2) is 9.59 Å². The monoisotopic (exact) mass is 301 g/mol. The fourth-order valence-electron chi connectivity index (χ4n) is 2.04. The number of nitrogens with one attached hydrogen (secondary N) is 2. The maximum Gasteiger partial charge on any atom is 0.327 e. The summed E-state index contributed by atoms with van der Waals surface area (Å²) in [5.74, 6) is -0.679. The summed E-state index contributed by atoms with van der Waals surface area (Å²) in [5, 5.41) is 14.3. The Morgan fingerprint density at radius 3 is 2.65 bits per heavy atom. The van der Waals surface area contributed by atoms with Crippen LogP contribution in [0.4, 0.5) is 4.79 Å². The summed E-state index contributed by atoms with van der Waals surface area (Å²) in [5.41, 5.74) is 0. The zero-order chi connectivity index (χ0) is 14.7. The van der Waals surface area contributed by atoms with Crippen LogP contribution in [0.1, 0.15) is 26.2 Å². The topological polar surface area (TPSA) is 98.7 Å². The molecule has 2 aliphatic rings. The highest BCUT2D eigenvalue weighted by atomic mass is 32.2.